The summed E-state index contributed by atoms with van der Waals surface area (Å²) in [7, 11) is 0. The first-order valence-corrected chi connectivity index (χ1v) is 9.65. The van der Waals surface area contributed by atoms with Crippen LogP contribution in [0.2, 0.25) is 5.02 Å². The van der Waals surface area contributed by atoms with Gasteiger partial charge in [-0.1, -0.05) is 29.8 Å². The van der Waals surface area contributed by atoms with Crippen molar-refractivity contribution in [2.24, 2.45) is 0 Å². The number of fused-ring (bicyclic) bond motifs is 2. The van der Waals surface area contributed by atoms with Crippen LogP contribution in [-0.4, -0.2) is 15.5 Å². The first-order valence-electron chi connectivity index (χ1n) is 8.45. The smallest absolute Gasteiger partial charge is 0.349 e. The number of aryl methyl sites for hydroxylation is 2. The molecule has 5 nitrogen and oxygen atoms in total. The number of aromatic nitrogens is 2. The lowest BCUT2D eigenvalue weighted by molar-refractivity contribution is 0.0343. The number of thiophene rings is 1. The number of hydrogen-bond acceptors (Lipinski definition) is 5. The molecule has 1 aromatic carbocycles. The molecule has 1 atom stereocenters. The van der Waals surface area contributed by atoms with Crippen molar-refractivity contribution in [3.8, 4) is 0 Å². The molecule has 0 bridgehead atoms. The van der Waals surface area contributed by atoms with Crippen LogP contribution in [0.4, 0.5) is 0 Å². The van der Waals surface area contributed by atoms with E-state index in [1.54, 1.807) is 24.5 Å². The van der Waals surface area contributed by atoms with Crippen molar-refractivity contribution in [2.45, 2.75) is 39.3 Å². The van der Waals surface area contributed by atoms with Gasteiger partial charge in [-0.15, -0.1) is 11.3 Å². The van der Waals surface area contributed by atoms with Crippen molar-refractivity contribution < 1.29 is 9.53 Å². The third-order valence-corrected chi connectivity index (χ3v) is 6.23. The molecule has 0 amide bonds. The predicted octanol–water partition coefficient (Wildman–Crippen LogP) is 4.28. The topological polar surface area (TPSA) is 61.2 Å². The van der Waals surface area contributed by atoms with E-state index in [-0.39, 0.29) is 5.56 Å². The molecule has 7 heteroatoms. The Hall–Kier alpha value is -2.18. The van der Waals surface area contributed by atoms with Gasteiger partial charge >= 0.3 is 5.97 Å². The van der Waals surface area contributed by atoms with E-state index < -0.39 is 12.1 Å². The van der Waals surface area contributed by atoms with Crippen molar-refractivity contribution in [3.05, 3.63) is 61.5 Å². The molecule has 1 unspecified atom stereocenters. The van der Waals surface area contributed by atoms with Gasteiger partial charge in [-0.3, -0.25) is 9.36 Å². The van der Waals surface area contributed by atoms with Crippen molar-refractivity contribution >= 4 is 39.1 Å². The first-order chi connectivity index (χ1) is 12.5. The van der Waals surface area contributed by atoms with Crippen LogP contribution in [0, 0.1) is 6.92 Å². The fraction of sp³-hybridized carbons (Fsp3) is 0.316. The van der Waals surface area contributed by atoms with Gasteiger partial charge in [-0.2, -0.15) is 0 Å². The summed E-state index contributed by atoms with van der Waals surface area (Å²) in [4.78, 5) is 31.0. The lowest BCUT2D eigenvalue weighted by atomic mass is 10.1. The maximum absolute atomic E-state index is 12.7. The number of hydrogen-bond donors (Lipinski definition) is 0. The molecule has 0 radical (unpaired) electrons. The quantitative estimate of drug-likeness (QED) is 0.628. The molecule has 1 aliphatic heterocycles. The van der Waals surface area contributed by atoms with Crippen LogP contribution in [0.3, 0.4) is 0 Å². The Kier molecular flexibility index (Phi) is 4.32. The van der Waals surface area contributed by atoms with Gasteiger partial charge in [-0.05, 0) is 31.9 Å². The van der Waals surface area contributed by atoms with Crippen molar-refractivity contribution in [3.63, 3.8) is 0 Å². The van der Waals surface area contributed by atoms with Gasteiger partial charge in [-0.25, -0.2) is 9.78 Å². The Morgan fingerprint density at radius 2 is 2.15 bits per heavy atom. The molecule has 0 spiro atoms. The van der Waals surface area contributed by atoms with Gasteiger partial charge in [0.05, 0.1) is 5.39 Å². The molecule has 1 aliphatic rings. The van der Waals surface area contributed by atoms with Crippen LogP contribution in [0.15, 0.2) is 29.1 Å². The molecular weight excluding hydrogens is 372 g/mol. The molecule has 2 aromatic heterocycles. The summed E-state index contributed by atoms with van der Waals surface area (Å²) < 4.78 is 7.32. The normalized spacial score (nSPS) is 14.4. The summed E-state index contributed by atoms with van der Waals surface area (Å²) in [6.07, 6.45) is 1.24. The van der Waals surface area contributed by atoms with E-state index in [1.807, 2.05) is 18.2 Å². The minimum absolute atomic E-state index is 0.0607. The number of halogens is 1. The summed E-state index contributed by atoms with van der Waals surface area (Å²) in [5.41, 5.74) is 1.33. The summed E-state index contributed by atoms with van der Waals surface area (Å²) in [5, 5.41) is 1.08. The fourth-order valence-corrected chi connectivity index (χ4v) is 4.72. The van der Waals surface area contributed by atoms with Crippen LogP contribution in [0.5, 0.6) is 0 Å². The number of ether oxygens (including phenoxy) is 1. The van der Waals surface area contributed by atoms with Crippen molar-refractivity contribution in [2.75, 3.05) is 0 Å². The number of esters is 1. The second-order valence-electron chi connectivity index (χ2n) is 6.39. The zero-order valence-electron chi connectivity index (χ0n) is 14.4. The molecule has 134 valence electrons. The van der Waals surface area contributed by atoms with Gasteiger partial charge in [0, 0.05) is 23.6 Å². The minimum atomic E-state index is -0.486. The molecule has 4 rings (SSSR count). The van der Waals surface area contributed by atoms with Gasteiger partial charge < -0.3 is 4.74 Å². The summed E-state index contributed by atoms with van der Waals surface area (Å²) in [6, 6.07) is 7.27. The molecule has 0 saturated carbocycles. The Bertz CT molecular complexity index is 1090. The Balaban J connectivity index is 1.70. The van der Waals surface area contributed by atoms with Crippen molar-refractivity contribution in [1.29, 1.82) is 0 Å². The fourth-order valence-electron chi connectivity index (χ4n) is 3.35. The van der Waals surface area contributed by atoms with Crippen molar-refractivity contribution in [1.82, 2.24) is 9.55 Å². The number of carbonyl (C=O) groups excluding carboxylic acids is 1. The van der Waals surface area contributed by atoms with Gasteiger partial charge in [0.1, 0.15) is 21.6 Å². The predicted molar refractivity (Wildman–Crippen MR) is 102 cm³/mol. The average Bonchev–Trinajstić information content (AvgIpc) is 3.20. The summed E-state index contributed by atoms with van der Waals surface area (Å²) >= 11 is 7.40. The third kappa shape index (κ3) is 2.73. The molecular formula is C19H17ClN2O3S. The van der Waals surface area contributed by atoms with Crippen LogP contribution in [-0.2, 0) is 17.7 Å². The average molecular weight is 389 g/mol. The van der Waals surface area contributed by atoms with E-state index in [0.717, 1.165) is 24.2 Å². The zero-order valence-corrected chi connectivity index (χ0v) is 16.0. The molecule has 3 aromatic rings. The highest BCUT2D eigenvalue weighted by atomic mass is 35.5. The Morgan fingerprint density at radius 3 is 2.92 bits per heavy atom. The highest BCUT2D eigenvalue weighted by molar-refractivity contribution is 7.20. The van der Waals surface area contributed by atoms with E-state index in [0.29, 0.717) is 32.2 Å². The number of rotatable bonds is 3. The summed E-state index contributed by atoms with van der Waals surface area (Å²) in [6.45, 7) is 4.25. The monoisotopic (exact) mass is 388 g/mol. The lowest BCUT2D eigenvalue weighted by Crippen LogP contribution is -2.20. The minimum Gasteiger partial charge on any atom is -0.454 e. The Morgan fingerprint density at radius 1 is 1.38 bits per heavy atom. The van der Waals surface area contributed by atoms with E-state index in [1.165, 1.54) is 11.3 Å². The standard InChI is InChI=1S/C19H17ClN2O3S/c1-10-15-17(21-14-8-5-9-22(14)18(15)23)26-16(10)19(24)25-11(2)12-6-3-4-7-13(12)20/h3-4,6-7,11H,5,8-9H2,1-2H3. The molecule has 26 heavy (non-hydrogen) atoms. The highest BCUT2D eigenvalue weighted by Crippen LogP contribution is 2.31. The van der Waals surface area contributed by atoms with E-state index in [2.05, 4.69) is 4.98 Å². The number of carbonyl (C=O) groups is 1. The largest absolute Gasteiger partial charge is 0.454 e. The van der Waals surface area contributed by atoms with Crippen LogP contribution < -0.4 is 5.56 Å². The molecule has 3 heterocycles. The Labute approximate surface area is 159 Å². The number of benzene rings is 1. The van der Waals surface area contributed by atoms with E-state index in [9.17, 15) is 9.59 Å². The van der Waals surface area contributed by atoms with Gasteiger partial charge in [0.2, 0.25) is 0 Å². The van der Waals surface area contributed by atoms with Crippen LogP contribution >= 0.6 is 22.9 Å². The van der Waals surface area contributed by atoms with Crippen LogP contribution in [0.1, 0.15) is 46.1 Å². The van der Waals surface area contributed by atoms with Gasteiger partial charge in [0.25, 0.3) is 5.56 Å². The molecule has 0 fully saturated rings. The summed E-state index contributed by atoms with van der Waals surface area (Å²) in [5.74, 6) is 0.343. The second-order valence-corrected chi connectivity index (χ2v) is 7.80. The maximum Gasteiger partial charge on any atom is 0.349 e. The van der Waals surface area contributed by atoms with Crippen LogP contribution in [0.25, 0.3) is 10.2 Å². The maximum atomic E-state index is 12.7. The molecule has 0 N–H and O–H groups in total. The van der Waals surface area contributed by atoms with E-state index >= 15 is 0 Å². The van der Waals surface area contributed by atoms with Gasteiger partial charge in [0.15, 0.2) is 0 Å². The number of nitrogens with zero attached hydrogens (tertiary/aromatic N) is 2. The second kappa shape index (κ2) is 6.52. The SMILES string of the molecule is Cc1c(C(=O)OC(C)c2ccccc2Cl)sc2nc3n(c(=O)c12)CCC3. The molecule has 0 aliphatic carbocycles. The third-order valence-electron chi connectivity index (χ3n) is 4.72. The first kappa shape index (κ1) is 17.2. The lowest BCUT2D eigenvalue weighted by Gasteiger charge is -2.14. The molecule has 0 saturated heterocycles. The highest BCUT2D eigenvalue weighted by Gasteiger charge is 2.25. The zero-order chi connectivity index (χ0) is 18.4. The van der Waals surface area contributed by atoms with E-state index in [4.69, 9.17) is 16.3 Å².